The van der Waals surface area contributed by atoms with Gasteiger partial charge in [0, 0.05) is 23.4 Å². The topological polar surface area (TPSA) is 84.3 Å². The Morgan fingerprint density at radius 2 is 2.05 bits per heavy atom. The van der Waals surface area contributed by atoms with Gasteiger partial charge in [-0.2, -0.15) is 0 Å². The molecule has 0 radical (unpaired) electrons. The van der Waals surface area contributed by atoms with Crippen molar-refractivity contribution in [3.8, 4) is 0 Å². The summed E-state index contributed by atoms with van der Waals surface area (Å²) in [6.07, 6.45) is 4.52. The molecule has 1 aromatic carbocycles. The van der Waals surface area contributed by atoms with Crippen LogP contribution in [0.5, 0.6) is 0 Å². The number of carbonyl (C=O) groups excluding carboxylic acids is 1. The summed E-state index contributed by atoms with van der Waals surface area (Å²) >= 11 is 0. The molecule has 2 amide bonds. The smallest absolute Gasteiger partial charge is 0.319 e. The lowest BCUT2D eigenvalue weighted by Gasteiger charge is -2.29. The number of nitro benzene ring substituents is 1. The van der Waals surface area contributed by atoms with E-state index < -0.39 is 4.92 Å². The first-order valence-corrected chi connectivity index (χ1v) is 7.30. The second kappa shape index (κ2) is 6.56. The van der Waals surface area contributed by atoms with Gasteiger partial charge in [0.1, 0.15) is 0 Å². The van der Waals surface area contributed by atoms with E-state index in [2.05, 4.69) is 17.6 Å². The van der Waals surface area contributed by atoms with Crippen LogP contribution in [0.3, 0.4) is 0 Å². The van der Waals surface area contributed by atoms with Gasteiger partial charge in [0.15, 0.2) is 0 Å². The van der Waals surface area contributed by atoms with Crippen molar-refractivity contribution in [1.29, 1.82) is 0 Å². The molecule has 2 N–H and O–H groups in total. The third-order valence-corrected chi connectivity index (χ3v) is 4.08. The standard InChI is InChI=1S/C15H21N3O3/c1-10-5-3-4-6-13(10)17-15(19)16-12-7-8-14(18(20)21)11(2)9-12/h7-10,13H,3-6H2,1-2H3,(H2,16,17,19). The molecule has 1 fully saturated rings. The van der Waals surface area contributed by atoms with Crippen molar-refractivity contribution in [2.75, 3.05) is 5.32 Å². The van der Waals surface area contributed by atoms with Gasteiger partial charge in [-0.1, -0.05) is 19.8 Å². The number of nitrogens with zero attached hydrogens (tertiary/aromatic N) is 1. The predicted molar refractivity (Wildman–Crippen MR) is 81.4 cm³/mol. The molecule has 2 unspecified atom stereocenters. The van der Waals surface area contributed by atoms with E-state index in [0.717, 1.165) is 19.3 Å². The minimum Gasteiger partial charge on any atom is -0.335 e. The average Bonchev–Trinajstić information content (AvgIpc) is 2.41. The van der Waals surface area contributed by atoms with Crippen LogP contribution in [0.1, 0.15) is 38.2 Å². The van der Waals surface area contributed by atoms with Gasteiger partial charge in [-0.15, -0.1) is 0 Å². The SMILES string of the molecule is Cc1cc(NC(=O)NC2CCCCC2C)ccc1[N+](=O)[O-]. The molecule has 21 heavy (non-hydrogen) atoms. The number of rotatable bonds is 3. The Labute approximate surface area is 124 Å². The number of anilines is 1. The number of amides is 2. The number of nitro groups is 1. The number of hydrogen-bond acceptors (Lipinski definition) is 3. The number of benzene rings is 1. The van der Waals surface area contributed by atoms with Gasteiger partial charge in [-0.3, -0.25) is 10.1 Å². The van der Waals surface area contributed by atoms with Crippen LogP contribution >= 0.6 is 0 Å². The van der Waals surface area contributed by atoms with Crippen molar-refractivity contribution in [3.05, 3.63) is 33.9 Å². The monoisotopic (exact) mass is 291 g/mol. The molecule has 6 nitrogen and oxygen atoms in total. The number of hydrogen-bond donors (Lipinski definition) is 2. The first kappa shape index (κ1) is 15.3. The third-order valence-electron chi connectivity index (χ3n) is 4.08. The predicted octanol–water partition coefficient (Wildman–Crippen LogP) is 3.60. The summed E-state index contributed by atoms with van der Waals surface area (Å²) in [5.41, 5.74) is 1.16. The van der Waals surface area contributed by atoms with E-state index in [0.29, 0.717) is 17.2 Å². The zero-order valence-corrected chi connectivity index (χ0v) is 12.4. The van der Waals surface area contributed by atoms with Gasteiger partial charge in [-0.25, -0.2) is 4.79 Å². The number of nitrogens with one attached hydrogen (secondary N) is 2. The summed E-state index contributed by atoms with van der Waals surface area (Å²) in [6.45, 7) is 3.81. The van der Waals surface area contributed by atoms with Crippen LogP contribution in [-0.4, -0.2) is 17.0 Å². The molecule has 0 aliphatic heterocycles. The summed E-state index contributed by atoms with van der Waals surface area (Å²) in [6, 6.07) is 4.53. The fourth-order valence-corrected chi connectivity index (χ4v) is 2.80. The highest BCUT2D eigenvalue weighted by atomic mass is 16.6. The molecule has 0 aromatic heterocycles. The lowest BCUT2D eigenvalue weighted by Crippen LogP contribution is -2.43. The molecule has 2 rings (SSSR count). The summed E-state index contributed by atoms with van der Waals surface area (Å²) in [5.74, 6) is 0.489. The lowest BCUT2D eigenvalue weighted by molar-refractivity contribution is -0.385. The molecule has 114 valence electrons. The molecular weight excluding hydrogens is 270 g/mol. The summed E-state index contributed by atoms with van der Waals surface area (Å²) < 4.78 is 0. The van der Waals surface area contributed by atoms with E-state index in [9.17, 15) is 14.9 Å². The summed E-state index contributed by atoms with van der Waals surface area (Å²) in [4.78, 5) is 22.3. The maximum Gasteiger partial charge on any atom is 0.319 e. The third kappa shape index (κ3) is 3.93. The molecule has 0 spiro atoms. The van der Waals surface area contributed by atoms with Crippen LogP contribution in [-0.2, 0) is 0 Å². The van der Waals surface area contributed by atoms with E-state index in [1.165, 1.54) is 12.5 Å². The number of aryl methyl sites for hydroxylation is 1. The first-order valence-electron chi connectivity index (χ1n) is 7.30. The van der Waals surface area contributed by atoms with Gasteiger partial charge >= 0.3 is 6.03 Å². The minimum atomic E-state index is -0.428. The Kier molecular flexibility index (Phi) is 4.77. The van der Waals surface area contributed by atoms with Crippen molar-refractivity contribution >= 4 is 17.4 Å². The molecule has 1 saturated carbocycles. The molecule has 0 bridgehead atoms. The Balaban J connectivity index is 1.96. The maximum atomic E-state index is 12.0. The highest BCUT2D eigenvalue weighted by molar-refractivity contribution is 5.89. The van der Waals surface area contributed by atoms with Crippen molar-refractivity contribution in [2.45, 2.75) is 45.6 Å². The second-order valence-corrected chi connectivity index (χ2v) is 5.73. The Morgan fingerprint density at radius 3 is 2.67 bits per heavy atom. The van der Waals surface area contributed by atoms with E-state index >= 15 is 0 Å². The van der Waals surface area contributed by atoms with Crippen molar-refractivity contribution in [1.82, 2.24) is 5.32 Å². The quantitative estimate of drug-likeness (QED) is 0.659. The van der Waals surface area contributed by atoms with Crippen LogP contribution in [0.25, 0.3) is 0 Å². The zero-order chi connectivity index (χ0) is 15.4. The highest BCUT2D eigenvalue weighted by Crippen LogP contribution is 2.24. The van der Waals surface area contributed by atoms with Crippen molar-refractivity contribution in [2.24, 2.45) is 5.92 Å². The van der Waals surface area contributed by atoms with E-state index in [-0.39, 0.29) is 17.8 Å². The largest absolute Gasteiger partial charge is 0.335 e. The van der Waals surface area contributed by atoms with Crippen molar-refractivity contribution < 1.29 is 9.72 Å². The molecule has 1 aliphatic carbocycles. The molecule has 6 heteroatoms. The Morgan fingerprint density at radius 1 is 1.33 bits per heavy atom. The van der Waals surface area contributed by atoms with E-state index in [1.54, 1.807) is 19.1 Å². The second-order valence-electron chi connectivity index (χ2n) is 5.73. The van der Waals surface area contributed by atoms with Crippen molar-refractivity contribution in [3.63, 3.8) is 0 Å². The molecular formula is C15H21N3O3. The number of carbonyl (C=O) groups is 1. The Hall–Kier alpha value is -2.11. The van der Waals surface area contributed by atoms with Crippen LogP contribution < -0.4 is 10.6 Å². The highest BCUT2D eigenvalue weighted by Gasteiger charge is 2.22. The summed E-state index contributed by atoms with van der Waals surface area (Å²) in [5, 5.41) is 16.5. The van der Waals surface area contributed by atoms with Crippen LogP contribution in [0.2, 0.25) is 0 Å². The van der Waals surface area contributed by atoms with E-state index in [4.69, 9.17) is 0 Å². The maximum absolute atomic E-state index is 12.0. The minimum absolute atomic E-state index is 0.0573. The van der Waals surface area contributed by atoms with Crippen LogP contribution in [0, 0.1) is 23.0 Å². The van der Waals surface area contributed by atoms with E-state index in [1.807, 2.05) is 0 Å². The Bertz CT molecular complexity index is 545. The van der Waals surface area contributed by atoms with Gasteiger partial charge in [0.25, 0.3) is 5.69 Å². The normalized spacial score (nSPS) is 21.6. The zero-order valence-electron chi connectivity index (χ0n) is 12.4. The molecule has 1 aromatic rings. The van der Waals surface area contributed by atoms with Gasteiger partial charge in [0.2, 0.25) is 0 Å². The van der Waals surface area contributed by atoms with Gasteiger partial charge < -0.3 is 10.6 Å². The van der Waals surface area contributed by atoms with Gasteiger partial charge in [-0.05, 0) is 37.8 Å². The molecule has 0 saturated heterocycles. The lowest BCUT2D eigenvalue weighted by atomic mass is 9.86. The van der Waals surface area contributed by atoms with Crippen LogP contribution in [0.15, 0.2) is 18.2 Å². The fraction of sp³-hybridized carbons (Fsp3) is 0.533. The molecule has 0 heterocycles. The number of urea groups is 1. The molecule has 1 aliphatic rings. The fourth-order valence-electron chi connectivity index (χ4n) is 2.80. The van der Waals surface area contributed by atoms with Crippen LogP contribution in [0.4, 0.5) is 16.2 Å². The molecule has 2 atom stereocenters. The van der Waals surface area contributed by atoms with Gasteiger partial charge in [0.05, 0.1) is 4.92 Å². The summed E-state index contributed by atoms with van der Waals surface area (Å²) in [7, 11) is 0. The average molecular weight is 291 g/mol. The first-order chi connectivity index (χ1) is 9.97.